The van der Waals surface area contributed by atoms with Crippen molar-refractivity contribution in [2.45, 2.75) is 37.8 Å². The summed E-state index contributed by atoms with van der Waals surface area (Å²) >= 11 is 0. The number of rotatable bonds is 1. The summed E-state index contributed by atoms with van der Waals surface area (Å²) in [6, 6.07) is 5.44. The number of amides is 1. The molecule has 3 atom stereocenters. The number of carbonyl (C=O) groups is 1. The van der Waals surface area contributed by atoms with Gasteiger partial charge in [0.05, 0.1) is 52.9 Å². The number of nitrogens with two attached hydrogens (primary N) is 1. The van der Waals surface area contributed by atoms with Crippen LogP contribution in [0.4, 0.5) is 23.4 Å². The predicted molar refractivity (Wildman–Crippen MR) is 118 cm³/mol. The van der Waals surface area contributed by atoms with E-state index in [1.54, 1.807) is 11.3 Å². The van der Waals surface area contributed by atoms with Crippen LogP contribution in [-0.4, -0.2) is 43.9 Å². The normalized spacial score (nSPS) is 22.0. The second-order valence-corrected chi connectivity index (χ2v) is 8.97. The van der Waals surface area contributed by atoms with Gasteiger partial charge in [-0.25, -0.2) is 14.4 Å². The van der Waals surface area contributed by atoms with Crippen LogP contribution in [0.5, 0.6) is 0 Å². The Morgan fingerprint density at radius 1 is 1.20 bits per heavy atom. The Labute approximate surface area is 196 Å². The largest absolute Gasteiger partial charge is 0.416 e. The zero-order valence-electron chi connectivity index (χ0n) is 18.4. The first kappa shape index (κ1) is 21.8. The number of hydrogen-bond donors (Lipinski definition) is 1. The van der Waals surface area contributed by atoms with Gasteiger partial charge in [-0.05, 0) is 36.2 Å². The van der Waals surface area contributed by atoms with Crippen LogP contribution in [0.15, 0.2) is 42.9 Å². The van der Waals surface area contributed by atoms with Gasteiger partial charge in [-0.3, -0.25) is 9.20 Å². The number of morpholine rings is 1. The lowest BCUT2D eigenvalue weighted by atomic mass is 10.0. The first-order chi connectivity index (χ1) is 16.6. The third kappa shape index (κ3) is 3.33. The molecule has 7 nitrogen and oxygen atoms in total. The molecule has 2 aromatic heterocycles. The molecule has 0 bridgehead atoms. The van der Waals surface area contributed by atoms with E-state index in [0.29, 0.717) is 22.2 Å². The van der Waals surface area contributed by atoms with Crippen molar-refractivity contribution in [2.75, 3.05) is 12.3 Å². The molecule has 2 aliphatic rings. The highest BCUT2D eigenvalue weighted by Gasteiger charge is 2.45. The van der Waals surface area contributed by atoms with Crippen molar-refractivity contribution in [1.82, 2.24) is 19.3 Å². The summed E-state index contributed by atoms with van der Waals surface area (Å²) in [5, 5.41) is 0. The van der Waals surface area contributed by atoms with E-state index < -0.39 is 35.6 Å². The number of nitrogens with zero attached hydrogens (tertiary/aromatic N) is 4. The lowest BCUT2D eigenvalue weighted by Crippen LogP contribution is -2.50. The van der Waals surface area contributed by atoms with Crippen molar-refractivity contribution in [2.24, 2.45) is 0 Å². The summed E-state index contributed by atoms with van der Waals surface area (Å²) in [5.74, 6) is -1.17. The minimum Gasteiger partial charge on any atom is -0.382 e. The number of fused-ring (bicyclic) bond motifs is 6. The lowest BCUT2D eigenvalue weighted by molar-refractivity contribution is -0.137. The second-order valence-electron chi connectivity index (χ2n) is 8.97. The molecule has 2 aromatic carbocycles. The molecule has 6 rings (SSSR count). The van der Waals surface area contributed by atoms with E-state index in [0.717, 1.165) is 18.2 Å². The molecule has 4 aromatic rings. The average Bonchev–Trinajstić information content (AvgIpc) is 3.42. The van der Waals surface area contributed by atoms with E-state index in [2.05, 4.69) is 9.97 Å². The number of hydrogen-bond acceptors (Lipinski definition) is 5. The van der Waals surface area contributed by atoms with Gasteiger partial charge in [0, 0.05) is 19.0 Å². The molecule has 0 radical (unpaired) electrons. The van der Waals surface area contributed by atoms with Gasteiger partial charge in [0.2, 0.25) is 0 Å². The van der Waals surface area contributed by atoms with E-state index in [4.69, 9.17) is 10.5 Å². The highest BCUT2D eigenvalue weighted by Crippen LogP contribution is 2.44. The Morgan fingerprint density at radius 3 is 2.77 bits per heavy atom. The van der Waals surface area contributed by atoms with Gasteiger partial charge in [0.25, 0.3) is 5.91 Å². The van der Waals surface area contributed by atoms with Crippen LogP contribution in [0, 0.1) is 5.82 Å². The molecular weight excluding hydrogens is 466 g/mol. The van der Waals surface area contributed by atoms with Gasteiger partial charge in [-0.1, -0.05) is 6.07 Å². The number of aromatic nitrogens is 3. The van der Waals surface area contributed by atoms with Crippen LogP contribution in [-0.2, 0) is 17.3 Å². The van der Waals surface area contributed by atoms with Gasteiger partial charge in [-0.15, -0.1) is 0 Å². The molecule has 0 spiro atoms. The molecule has 2 N–H and O–H groups in total. The average molecular weight is 485 g/mol. The zero-order chi connectivity index (χ0) is 24.6. The SMILES string of the molecule is C[C@@H]1CN(C(=O)c2cc3c(cc2F)nc(N)c2cncn23)[C@H]2c3ccc(C(F)(F)F)cc3C[C@H]2O1. The van der Waals surface area contributed by atoms with Crippen LogP contribution >= 0.6 is 0 Å². The Hall–Kier alpha value is -3.73. The van der Waals surface area contributed by atoms with Crippen LogP contribution in [0.3, 0.4) is 0 Å². The predicted octanol–water partition coefficient (Wildman–Crippen LogP) is 4.15. The van der Waals surface area contributed by atoms with Gasteiger partial charge < -0.3 is 15.4 Å². The quantitative estimate of drug-likeness (QED) is 0.410. The standard InChI is InChI=1S/C24H19F4N5O2/c1-11-9-32(21-14-3-2-13(24(26,27)28)4-12(14)5-20(21)35-11)23(34)15-6-18-17(7-16(15)25)31-22(29)19-8-30-10-33(18)19/h2-4,6-8,10-11,20-21H,5,9H2,1H3,(H2,29,31)/t11-,20-,21+/m1/s1. The topological polar surface area (TPSA) is 85.8 Å². The minimum atomic E-state index is -4.48. The highest BCUT2D eigenvalue weighted by atomic mass is 19.4. The molecular formula is C24H19F4N5O2. The number of imidazole rings is 1. The molecule has 1 amide bonds. The van der Waals surface area contributed by atoms with Gasteiger partial charge in [0.1, 0.15) is 17.2 Å². The minimum absolute atomic E-state index is 0.165. The summed E-state index contributed by atoms with van der Waals surface area (Å²) in [6.45, 7) is 1.94. The fourth-order valence-corrected chi connectivity index (χ4v) is 5.22. The van der Waals surface area contributed by atoms with Crippen molar-refractivity contribution in [1.29, 1.82) is 0 Å². The number of benzene rings is 2. The number of ether oxygens (including phenoxy) is 1. The summed E-state index contributed by atoms with van der Waals surface area (Å²) < 4.78 is 62.5. The van der Waals surface area contributed by atoms with Gasteiger partial charge >= 0.3 is 6.18 Å². The van der Waals surface area contributed by atoms with Crippen molar-refractivity contribution in [3.63, 3.8) is 0 Å². The molecule has 1 fully saturated rings. The van der Waals surface area contributed by atoms with E-state index in [-0.39, 0.29) is 36.0 Å². The molecule has 0 unspecified atom stereocenters. The second kappa shape index (κ2) is 7.38. The Balaban J connectivity index is 1.44. The first-order valence-electron chi connectivity index (χ1n) is 11.0. The van der Waals surface area contributed by atoms with Crippen LogP contribution in [0.1, 0.15) is 40.0 Å². The van der Waals surface area contributed by atoms with E-state index in [9.17, 15) is 18.0 Å². The number of halogens is 4. The molecule has 1 aliphatic heterocycles. The van der Waals surface area contributed by atoms with Crippen molar-refractivity contribution in [3.05, 3.63) is 70.9 Å². The smallest absolute Gasteiger partial charge is 0.382 e. The number of alkyl halides is 3. The van der Waals surface area contributed by atoms with Crippen molar-refractivity contribution in [3.8, 4) is 0 Å². The Bertz CT molecular complexity index is 1520. The van der Waals surface area contributed by atoms with Crippen LogP contribution in [0.25, 0.3) is 16.6 Å². The van der Waals surface area contributed by atoms with Gasteiger partial charge in [-0.2, -0.15) is 13.2 Å². The summed E-state index contributed by atoms with van der Waals surface area (Å²) in [6.07, 6.45) is -2.12. The highest BCUT2D eigenvalue weighted by molar-refractivity contribution is 5.99. The fourth-order valence-electron chi connectivity index (χ4n) is 5.22. The summed E-state index contributed by atoms with van der Waals surface area (Å²) in [7, 11) is 0. The first-order valence-corrected chi connectivity index (χ1v) is 11.0. The molecule has 35 heavy (non-hydrogen) atoms. The summed E-state index contributed by atoms with van der Waals surface area (Å²) in [4.78, 5) is 23.5. The van der Waals surface area contributed by atoms with E-state index >= 15 is 4.39 Å². The van der Waals surface area contributed by atoms with E-state index in [1.165, 1.54) is 29.6 Å². The Morgan fingerprint density at radius 2 is 2.00 bits per heavy atom. The number of nitrogen functional groups attached to an aromatic ring is 1. The number of carbonyl (C=O) groups excluding carboxylic acids is 1. The molecule has 180 valence electrons. The van der Waals surface area contributed by atoms with E-state index in [1.807, 2.05) is 0 Å². The lowest BCUT2D eigenvalue weighted by Gasteiger charge is -2.41. The number of anilines is 1. The molecule has 0 saturated carbocycles. The van der Waals surface area contributed by atoms with Crippen molar-refractivity contribution >= 4 is 28.3 Å². The van der Waals surface area contributed by atoms with Crippen LogP contribution < -0.4 is 5.73 Å². The van der Waals surface area contributed by atoms with Gasteiger partial charge in [0.15, 0.2) is 0 Å². The zero-order valence-corrected chi connectivity index (χ0v) is 18.4. The van der Waals surface area contributed by atoms with Crippen molar-refractivity contribution < 1.29 is 27.1 Å². The maximum absolute atomic E-state index is 15.2. The van der Waals surface area contributed by atoms with Crippen LogP contribution in [0.2, 0.25) is 0 Å². The molecule has 1 saturated heterocycles. The molecule has 3 heterocycles. The fraction of sp³-hybridized carbons (Fsp3) is 0.292. The molecule has 1 aliphatic carbocycles. The monoisotopic (exact) mass is 485 g/mol. The summed E-state index contributed by atoms with van der Waals surface area (Å²) in [5.41, 5.74) is 7.30. The maximum Gasteiger partial charge on any atom is 0.416 e. The molecule has 11 heteroatoms. The third-order valence-electron chi connectivity index (χ3n) is 6.72. The maximum atomic E-state index is 15.2. The Kier molecular flexibility index (Phi) is 4.59. The third-order valence-corrected chi connectivity index (χ3v) is 6.72.